The second-order valence-electron chi connectivity index (χ2n) is 8.21. The summed E-state index contributed by atoms with van der Waals surface area (Å²) >= 11 is 1.67. The number of benzene rings is 1. The molecule has 0 saturated carbocycles. The van der Waals surface area contributed by atoms with Gasteiger partial charge in [-0.1, -0.05) is 19.1 Å². The Hall–Kier alpha value is -3.23. The van der Waals surface area contributed by atoms with Crippen LogP contribution in [0.2, 0.25) is 0 Å². The van der Waals surface area contributed by atoms with Gasteiger partial charge in [-0.05, 0) is 55.0 Å². The molecule has 1 aliphatic heterocycles. The van der Waals surface area contributed by atoms with Crippen molar-refractivity contribution in [2.24, 2.45) is 0 Å². The fraction of sp³-hybridized carbons (Fsp3) is 0.346. The molecule has 2 aromatic heterocycles. The number of rotatable bonds is 9. The van der Waals surface area contributed by atoms with E-state index in [1.807, 2.05) is 55.4 Å². The lowest BCUT2D eigenvalue weighted by Gasteiger charge is -2.23. The zero-order chi connectivity index (χ0) is 23.9. The summed E-state index contributed by atoms with van der Waals surface area (Å²) in [6, 6.07) is 9.87. The maximum absolute atomic E-state index is 13.5. The molecule has 0 fully saturated rings. The smallest absolute Gasteiger partial charge is 0.263 e. The van der Waals surface area contributed by atoms with E-state index in [0.29, 0.717) is 30.3 Å². The lowest BCUT2D eigenvalue weighted by atomic mass is 10.1. The molecule has 34 heavy (non-hydrogen) atoms. The molecule has 0 radical (unpaired) electrons. The maximum atomic E-state index is 13.5. The van der Waals surface area contributed by atoms with Crippen LogP contribution in [0, 0.1) is 0 Å². The number of aromatic nitrogens is 2. The summed E-state index contributed by atoms with van der Waals surface area (Å²) in [6.45, 7) is 4.12. The van der Waals surface area contributed by atoms with Crippen molar-refractivity contribution in [2.75, 3.05) is 43.5 Å². The number of hydrogen-bond acceptors (Lipinski definition) is 7. The van der Waals surface area contributed by atoms with Crippen molar-refractivity contribution in [1.29, 1.82) is 0 Å². The van der Waals surface area contributed by atoms with Gasteiger partial charge in [0.1, 0.15) is 23.2 Å². The van der Waals surface area contributed by atoms with Crippen LogP contribution in [-0.2, 0) is 0 Å². The summed E-state index contributed by atoms with van der Waals surface area (Å²) in [5.74, 6) is 1.92. The van der Waals surface area contributed by atoms with E-state index in [2.05, 4.69) is 39.0 Å². The number of nitrogens with zero attached hydrogens (tertiary/aromatic N) is 4. The molecule has 8 heteroatoms. The van der Waals surface area contributed by atoms with E-state index < -0.39 is 0 Å². The average Bonchev–Trinajstić information content (AvgIpc) is 3.36. The first kappa shape index (κ1) is 23.9. The molecule has 7 nitrogen and oxygen atoms in total. The monoisotopic (exact) mass is 477 g/mol. The maximum Gasteiger partial charge on any atom is 0.263 e. The van der Waals surface area contributed by atoms with Crippen molar-refractivity contribution in [3.05, 3.63) is 70.3 Å². The number of ether oxygens (including phenoxy) is 1. The Morgan fingerprint density at radius 2 is 2.18 bits per heavy atom. The molecule has 1 amide bonds. The average molecular weight is 478 g/mol. The van der Waals surface area contributed by atoms with E-state index in [1.165, 1.54) is 0 Å². The number of hydrogen-bond donors (Lipinski definition) is 1. The Balaban J connectivity index is 1.59. The first-order chi connectivity index (χ1) is 16.6. The molecule has 1 aromatic carbocycles. The van der Waals surface area contributed by atoms with Gasteiger partial charge in [0, 0.05) is 50.1 Å². The third-order valence-electron chi connectivity index (χ3n) is 5.77. The Morgan fingerprint density at radius 3 is 2.94 bits per heavy atom. The van der Waals surface area contributed by atoms with Crippen molar-refractivity contribution < 1.29 is 9.53 Å². The lowest BCUT2D eigenvalue weighted by molar-refractivity contribution is 0.0989. The Bertz CT molecular complexity index is 1130. The minimum atomic E-state index is -0.105. The fourth-order valence-electron chi connectivity index (χ4n) is 3.90. The van der Waals surface area contributed by atoms with Crippen molar-refractivity contribution in [3.8, 4) is 5.75 Å². The molecule has 1 aliphatic rings. The number of likely N-dealkylation sites (N-methyl/N-ethyl adjacent to an activating group) is 1. The number of amides is 1. The van der Waals surface area contributed by atoms with Gasteiger partial charge >= 0.3 is 0 Å². The van der Waals surface area contributed by atoms with Gasteiger partial charge in [-0.15, -0.1) is 0 Å². The minimum Gasteiger partial charge on any atom is -0.486 e. The molecule has 3 heterocycles. The van der Waals surface area contributed by atoms with Gasteiger partial charge in [-0.25, -0.2) is 9.97 Å². The van der Waals surface area contributed by atoms with E-state index in [1.54, 1.807) is 22.4 Å². The van der Waals surface area contributed by atoms with Gasteiger partial charge in [-0.3, -0.25) is 4.79 Å². The van der Waals surface area contributed by atoms with Crippen molar-refractivity contribution in [1.82, 2.24) is 15.3 Å². The third-order valence-corrected chi connectivity index (χ3v) is 6.47. The molecule has 0 spiro atoms. The number of allylic oxidation sites excluding steroid dienone is 1. The SMILES string of the molecule is CC/C=C/c1ncc2c(n1)N(C)CCN(c1cccc(O[C@H](CCNC)c3ccsc3)c1)C2=O. The van der Waals surface area contributed by atoms with Crippen molar-refractivity contribution in [3.63, 3.8) is 0 Å². The second kappa shape index (κ2) is 11.3. The normalized spacial score (nSPS) is 14.9. The molecule has 0 aliphatic carbocycles. The van der Waals surface area contributed by atoms with Gasteiger partial charge in [-0.2, -0.15) is 11.3 Å². The number of anilines is 2. The van der Waals surface area contributed by atoms with Crippen LogP contribution in [0.25, 0.3) is 6.08 Å². The van der Waals surface area contributed by atoms with Crippen LogP contribution >= 0.6 is 11.3 Å². The Kier molecular flexibility index (Phi) is 7.92. The summed E-state index contributed by atoms with van der Waals surface area (Å²) in [6.07, 6.45) is 7.25. The highest BCUT2D eigenvalue weighted by molar-refractivity contribution is 7.07. The Labute approximate surface area is 205 Å². The van der Waals surface area contributed by atoms with Gasteiger partial charge in [0.05, 0.1) is 0 Å². The predicted octanol–water partition coefficient (Wildman–Crippen LogP) is 4.79. The van der Waals surface area contributed by atoms with Crippen LogP contribution in [-0.4, -0.2) is 49.6 Å². The molecular formula is C26H31N5O2S. The first-order valence-corrected chi connectivity index (χ1v) is 12.5. The molecule has 1 atom stereocenters. The highest BCUT2D eigenvalue weighted by Gasteiger charge is 2.28. The first-order valence-electron chi connectivity index (χ1n) is 11.6. The second-order valence-corrected chi connectivity index (χ2v) is 8.99. The van der Waals surface area contributed by atoms with Crippen LogP contribution in [0.4, 0.5) is 11.5 Å². The van der Waals surface area contributed by atoms with Crippen LogP contribution in [0.3, 0.4) is 0 Å². The molecule has 178 valence electrons. The summed E-state index contributed by atoms with van der Waals surface area (Å²) in [5.41, 5.74) is 2.47. The topological polar surface area (TPSA) is 70.6 Å². The lowest BCUT2D eigenvalue weighted by Crippen LogP contribution is -2.33. The zero-order valence-corrected chi connectivity index (χ0v) is 20.7. The van der Waals surface area contributed by atoms with E-state index in [9.17, 15) is 4.79 Å². The van der Waals surface area contributed by atoms with Gasteiger partial charge < -0.3 is 19.9 Å². The molecule has 0 saturated heterocycles. The number of nitrogens with one attached hydrogen (secondary N) is 1. The summed E-state index contributed by atoms with van der Waals surface area (Å²) in [7, 11) is 3.90. The van der Waals surface area contributed by atoms with Crippen LogP contribution in [0.15, 0.2) is 53.4 Å². The number of fused-ring (bicyclic) bond motifs is 1. The van der Waals surface area contributed by atoms with Gasteiger partial charge in [0.2, 0.25) is 0 Å². The molecular weight excluding hydrogens is 446 g/mol. The summed E-state index contributed by atoms with van der Waals surface area (Å²) < 4.78 is 6.39. The number of carbonyl (C=O) groups excluding carboxylic acids is 1. The molecule has 4 rings (SSSR count). The fourth-order valence-corrected chi connectivity index (χ4v) is 4.60. The largest absolute Gasteiger partial charge is 0.486 e. The van der Waals surface area contributed by atoms with Crippen molar-refractivity contribution in [2.45, 2.75) is 25.9 Å². The molecule has 3 aromatic rings. The van der Waals surface area contributed by atoms with E-state index in [-0.39, 0.29) is 12.0 Å². The zero-order valence-electron chi connectivity index (χ0n) is 19.9. The minimum absolute atomic E-state index is 0.0522. The molecule has 1 N–H and O–H groups in total. The van der Waals surface area contributed by atoms with Gasteiger partial charge in [0.15, 0.2) is 5.82 Å². The van der Waals surface area contributed by atoms with E-state index in [0.717, 1.165) is 36.4 Å². The van der Waals surface area contributed by atoms with Crippen molar-refractivity contribution >= 4 is 34.8 Å². The highest BCUT2D eigenvalue weighted by Crippen LogP contribution is 2.31. The molecule has 0 unspecified atom stereocenters. The van der Waals surface area contributed by atoms with E-state index >= 15 is 0 Å². The quantitative estimate of drug-likeness (QED) is 0.478. The predicted molar refractivity (Wildman–Crippen MR) is 139 cm³/mol. The van der Waals surface area contributed by atoms with E-state index in [4.69, 9.17) is 4.74 Å². The number of thiophene rings is 1. The van der Waals surface area contributed by atoms with Crippen LogP contribution < -0.4 is 19.9 Å². The number of carbonyl (C=O) groups is 1. The summed E-state index contributed by atoms with van der Waals surface area (Å²) in [4.78, 5) is 26.4. The van der Waals surface area contributed by atoms with Crippen LogP contribution in [0.5, 0.6) is 5.75 Å². The molecule has 0 bridgehead atoms. The summed E-state index contributed by atoms with van der Waals surface area (Å²) in [5, 5.41) is 7.39. The standard InChI is InChI=1S/C26H31N5O2S/c1-4-5-9-24-28-17-22-25(29-24)30(3)13-14-31(26(22)32)20-7-6-8-21(16-20)33-23(10-12-27-2)19-11-15-34-18-19/h5-9,11,15-18,23,27H,4,10,12-14H2,1-3H3/b9-5+/t23-/m1/s1. The Morgan fingerprint density at radius 1 is 1.29 bits per heavy atom. The van der Waals surface area contributed by atoms with Crippen LogP contribution in [0.1, 0.15) is 47.6 Å². The highest BCUT2D eigenvalue weighted by atomic mass is 32.1. The third kappa shape index (κ3) is 5.46. The van der Waals surface area contributed by atoms with Gasteiger partial charge in [0.25, 0.3) is 5.91 Å².